The maximum atomic E-state index is 12.7. The number of carbonyl (C=O) groups is 1. The van der Waals surface area contributed by atoms with Crippen LogP contribution in [-0.4, -0.2) is 12.0 Å². The SMILES string of the molecule is CCC(Oc1ccc(C)cc1C)C(=O)NC(CC)c1ccccc1. The van der Waals surface area contributed by atoms with Crippen LogP contribution in [0.3, 0.4) is 0 Å². The smallest absolute Gasteiger partial charge is 0.261 e. The van der Waals surface area contributed by atoms with Crippen LogP contribution in [0.1, 0.15) is 49.4 Å². The average Bonchev–Trinajstić information content (AvgIpc) is 2.59. The topological polar surface area (TPSA) is 38.3 Å². The normalized spacial score (nSPS) is 13.2. The summed E-state index contributed by atoms with van der Waals surface area (Å²) < 4.78 is 5.98. The first-order valence-corrected chi connectivity index (χ1v) is 8.64. The summed E-state index contributed by atoms with van der Waals surface area (Å²) in [4.78, 5) is 12.7. The predicted octanol–water partition coefficient (Wildman–Crippen LogP) is 4.73. The first-order chi connectivity index (χ1) is 11.5. The summed E-state index contributed by atoms with van der Waals surface area (Å²) in [5.74, 6) is 0.712. The molecule has 3 heteroatoms. The van der Waals surface area contributed by atoms with Crippen LogP contribution in [0.4, 0.5) is 0 Å². The number of ether oxygens (including phenoxy) is 1. The molecule has 2 atom stereocenters. The molecule has 1 amide bonds. The Morgan fingerprint density at radius 1 is 1.04 bits per heavy atom. The maximum Gasteiger partial charge on any atom is 0.261 e. The van der Waals surface area contributed by atoms with Crippen molar-refractivity contribution >= 4 is 5.91 Å². The summed E-state index contributed by atoms with van der Waals surface area (Å²) in [7, 11) is 0. The molecule has 0 bridgehead atoms. The third kappa shape index (κ3) is 4.60. The second kappa shape index (κ2) is 8.53. The molecule has 24 heavy (non-hydrogen) atoms. The number of carbonyl (C=O) groups excluding carboxylic acids is 1. The first kappa shape index (κ1) is 18.1. The number of rotatable bonds is 7. The highest BCUT2D eigenvalue weighted by Gasteiger charge is 2.22. The molecule has 0 spiro atoms. The van der Waals surface area contributed by atoms with Gasteiger partial charge in [0.15, 0.2) is 6.10 Å². The van der Waals surface area contributed by atoms with Gasteiger partial charge in [-0.05, 0) is 43.9 Å². The molecular formula is C21H27NO2. The molecule has 2 rings (SSSR count). The molecule has 128 valence electrons. The third-order valence-corrected chi connectivity index (χ3v) is 4.19. The van der Waals surface area contributed by atoms with Gasteiger partial charge in [0.25, 0.3) is 5.91 Å². The lowest BCUT2D eigenvalue weighted by atomic mass is 10.0. The second-order valence-electron chi connectivity index (χ2n) is 6.16. The van der Waals surface area contributed by atoms with E-state index >= 15 is 0 Å². The largest absolute Gasteiger partial charge is 0.480 e. The van der Waals surface area contributed by atoms with Gasteiger partial charge >= 0.3 is 0 Å². The first-order valence-electron chi connectivity index (χ1n) is 8.64. The van der Waals surface area contributed by atoms with E-state index in [2.05, 4.69) is 18.3 Å². The minimum absolute atomic E-state index is 0.00969. The Morgan fingerprint density at radius 3 is 2.33 bits per heavy atom. The Labute approximate surface area is 145 Å². The number of nitrogens with one attached hydrogen (secondary N) is 1. The molecule has 0 aromatic heterocycles. The van der Waals surface area contributed by atoms with Gasteiger partial charge in [-0.25, -0.2) is 0 Å². The van der Waals surface area contributed by atoms with Gasteiger partial charge in [0, 0.05) is 0 Å². The number of amides is 1. The van der Waals surface area contributed by atoms with Crippen LogP contribution in [0.2, 0.25) is 0 Å². The molecule has 2 unspecified atom stereocenters. The summed E-state index contributed by atoms with van der Waals surface area (Å²) in [5.41, 5.74) is 3.36. The zero-order valence-corrected chi connectivity index (χ0v) is 15.0. The molecule has 2 aromatic carbocycles. The molecule has 0 aliphatic heterocycles. The number of aryl methyl sites for hydroxylation is 2. The summed E-state index contributed by atoms with van der Waals surface area (Å²) in [6, 6.07) is 16.1. The second-order valence-corrected chi connectivity index (χ2v) is 6.16. The molecule has 0 fully saturated rings. The standard InChI is InChI=1S/C21H27NO2/c1-5-18(17-10-8-7-9-11-17)22-21(23)19(6-2)24-20-13-12-15(3)14-16(20)4/h7-14,18-19H,5-6H2,1-4H3,(H,22,23). The van der Waals surface area contributed by atoms with Crippen molar-refractivity contribution < 1.29 is 9.53 Å². The fraction of sp³-hybridized carbons (Fsp3) is 0.381. The van der Waals surface area contributed by atoms with Crippen LogP contribution in [0, 0.1) is 13.8 Å². The van der Waals surface area contributed by atoms with Crippen LogP contribution in [-0.2, 0) is 4.79 Å². The van der Waals surface area contributed by atoms with Crippen LogP contribution >= 0.6 is 0 Å². The van der Waals surface area contributed by atoms with Crippen LogP contribution in [0.5, 0.6) is 5.75 Å². The quantitative estimate of drug-likeness (QED) is 0.799. The molecule has 0 aliphatic rings. The summed E-state index contributed by atoms with van der Waals surface area (Å²) in [5, 5.41) is 3.12. The van der Waals surface area contributed by atoms with Crippen LogP contribution in [0.25, 0.3) is 0 Å². The van der Waals surface area contributed by atoms with Gasteiger partial charge in [-0.15, -0.1) is 0 Å². The number of hydrogen-bond acceptors (Lipinski definition) is 2. The van der Waals surface area contributed by atoms with Crippen molar-refractivity contribution in [2.45, 2.75) is 52.7 Å². The summed E-state index contributed by atoms with van der Waals surface area (Å²) in [6.45, 7) is 8.10. The van der Waals surface area contributed by atoms with Crippen molar-refractivity contribution in [3.8, 4) is 5.75 Å². The van der Waals surface area contributed by atoms with Gasteiger partial charge < -0.3 is 10.1 Å². The zero-order valence-electron chi connectivity index (χ0n) is 15.0. The van der Waals surface area contributed by atoms with E-state index < -0.39 is 6.10 Å². The summed E-state index contributed by atoms with van der Waals surface area (Å²) >= 11 is 0. The van der Waals surface area contributed by atoms with Gasteiger partial charge in [0.1, 0.15) is 5.75 Å². The van der Waals surface area contributed by atoms with E-state index in [-0.39, 0.29) is 11.9 Å². The van der Waals surface area contributed by atoms with Crippen LogP contribution in [0.15, 0.2) is 48.5 Å². The molecule has 0 heterocycles. The fourth-order valence-corrected chi connectivity index (χ4v) is 2.78. The van der Waals surface area contributed by atoms with Crippen molar-refractivity contribution in [1.29, 1.82) is 0 Å². The predicted molar refractivity (Wildman–Crippen MR) is 98.2 cm³/mol. The van der Waals surface area contributed by atoms with Crippen molar-refractivity contribution in [3.05, 3.63) is 65.2 Å². The third-order valence-electron chi connectivity index (χ3n) is 4.19. The highest BCUT2D eigenvalue weighted by molar-refractivity contribution is 5.81. The molecule has 0 saturated heterocycles. The van der Waals surface area contributed by atoms with Gasteiger partial charge in [-0.1, -0.05) is 61.9 Å². The van der Waals surface area contributed by atoms with Gasteiger partial charge in [0.05, 0.1) is 6.04 Å². The van der Waals surface area contributed by atoms with Crippen molar-refractivity contribution in [2.24, 2.45) is 0 Å². The molecule has 0 radical (unpaired) electrons. The Bertz CT molecular complexity index is 667. The maximum absolute atomic E-state index is 12.7. The molecular weight excluding hydrogens is 298 g/mol. The van der Waals surface area contributed by atoms with Gasteiger partial charge in [-0.3, -0.25) is 4.79 Å². The highest BCUT2D eigenvalue weighted by atomic mass is 16.5. The van der Waals surface area contributed by atoms with E-state index in [1.165, 1.54) is 5.56 Å². The molecule has 3 nitrogen and oxygen atoms in total. The number of hydrogen-bond donors (Lipinski definition) is 1. The van der Waals surface area contributed by atoms with E-state index in [9.17, 15) is 4.79 Å². The van der Waals surface area contributed by atoms with Crippen molar-refractivity contribution in [2.75, 3.05) is 0 Å². The Kier molecular flexibility index (Phi) is 6.42. The monoisotopic (exact) mass is 325 g/mol. The Balaban J connectivity index is 2.07. The van der Waals surface area contributed by atoms with Crippen molar-refractivity contribution in [3.63, 3.8) is 0 Å². The van der Waals surface area contributed by atoms with Crippen molar-refractivity contribution in [1.82, 2.24) is 5.32 Å². The molecule has 0 saturated carbocycles. The van der Waals surface area contributed by atoms with E-state index in [0.29, 0.717) is 6.42 Å². The average molecular weight is 325 g/mol. The van der Waals surface area contributed by atoms with E-state index in [1.54, 1.807) is 0 Å². The number of benzene rings is 2. The Hall–Kier alpha value is -2.29. The molecule has 2 aromatic rings. The van der Waals surface area contributed by atoms with E-state index in [0.717, 1.165) is 23.3 Å². The van der Waals surface area contributed by atoms with Gasteiger partial charge in [-0.2, -0.15) is 0 Å². The highest BCUT2D eigenvalue weighted by Crippen LogP contribution is 2.22. The summed E-state index contributed by atoms with van der Waals surface area (Å²) in [6.07, 6.45) is 0.990. The fourth-order valence-electron chi connectivity index (χ4n) is 2.78. The minimum atomic E-state index is -0.482. The zero-order chi connectivity index (χ0) is 17.5. The molecule has 1 N–H and O–H groups in total. The van der Waals surface area contributed by atoms with Gasteiger partial charge in [0.2, 0.25) is 0 Å². The minimum Gasteiger partial charge on any atom is -0.480 e. The van der Waals surface area contributed by atoms with Crippen LogP contribution < -0.4 is 10.1 Å². The lowest BCUT2D eigenvalue weighted by Gasteiger charge is -2.23. The molecule has 0 aliphatic carbocycles. The van der Waals surface area contributed by atoms with E-state index in [1.807, 2.05) is 63.2 Å². The lowest BCUT2D eigenvalue weighted by molar-refractivity contribution is -0.129. The lowest BCUT2D eigenvalue weighted by Crippen LogP contribution is -2.40. The van der Waals surface area contributed by atoms with E-state index in [4.69, 9.17) is 4.74 Å². The Morgan fingerprint density at radius 2 is 1.75 bits per heavy atom.